The van der Waals surface area contributed by atoms with Crippen LogP contribution in [0.2, 0.25) is 0 Å². The maximum atomic E-state index is 9.86. The van der Waals surface area contributed by atoms with Crippen molar-refractivity contribution in [3.8, 4) is 17.0 Å². The summed E-state index contributed by atoms with van der Waals surface area (Å²) in [5.41, 5.74) is 4.13. The standard InChI is InChI=1S/C18H18N2O/c21-18-9-5-4-8-16(18)17-11-10-15(20-17)13-19-12-14-6-2-1-3-7-14/h1-11,19-21H,12-13H2. The molecular weight excluding hydrogens is 260 g/mol. The summed E-state index contributed by atoms with van der Waals surface area (Å²) in [6.07, 6.45) is 0. The summed E-state index contributed by atoms with van der Waals surface area (Å²) in [6, 6.07) is 21.7. The van der Waals surface area contributed by atoms with Gasteiger partial charge in [0.25, 0.3) is 0 Å². The van der Waals surface area contributed by atoms with E-state index in [1.807, 2.05) is 48.5 Å². The lowest BCUT2D eigenvalue weighted by atomic mass is 10.1. The average Bonchev–Trinajstić information content (AvgIpc) is 2.97. The molecule has 0 bridgehead atoms. The molecule has 0 saturated carbocycles. The minimum atomic E-state index is 0.295. The van der Waals surface area contributed by atoms with E-state index in [1.54, 1.807) is 6.07 Å². The number of nitrogens with one attached hydrogen (secondary N) is 2. The van der Waals surface area contributed by atoms with Crippen LogP contribution in [0.1, 0.15) is 11.3 Å². The van der Waals surface area contributed by atoms with Crippen molar-refractivity contribution in [3.63, 3.8) is 0 Å². The molecule has 3 rings (SSSR count). The summed E-state index contributed by atoms with van der Waals surface area (Å²) in [4.78, 5) is 3.33. The predicted molar refractivity (Wildman–Crippen MR) is 84.9 cm³/mol. The van der Waals surface area contributed by atoms with Crippen LogP contribution in [0.15, 0.2) is 66.7 Å². The van der Waals surface area contributed by atoms with Crippen molar-refractivity contribution in [2.45, 2.75) is 13.1 Å². The van der Waals surface area contributed by atoms with Gasteiger partial charge in [-0.2, -0.15) is 0 Å². The smallest absolute Gasteiger partial charge is 0.124 e. The fourth-order valence-electron chi connectivity index (χ4n) is 2.34. The van der Waals surface area contributed by atoms with Crippen molar-refractivity contribution in [1.29, 1.82) is 0 Å². The molecule has 106 valence electrons. The van der Waals surface area contributed by atoms with Crippen molar-refractivity contribution in [2.24, 2.45) is 0 Å². The Bertz CT molecular complexity index is 704. The minimum Gasteiger partial charge on any atom is -0.507 e. The molecule has 0 aliphatic heterocycles. The molecule has 0 amide bonds. The summed E-state index contributed by atoms with van der Waals surface area (Å²) < 4.78 is 0. The predicted octanol–water partition coefficient (Wildman–Crippen LogP) is 3.68. The van der Waals surface area contributed by atoms with Crippen LogP contribution in [0.4, 0.5) is 0 Å². The first-order valence-corrected chi connectivity index (χ1v) is 7.04. The summed E-state index contributed by atoms with van der Waals surface area (Å²) in [5, 5.41) is 13.3. The SMILES string of the molecule is Oc1ccccc1-c1ccc(CNCc2ccccc2)[nH]1. The summed E-state index contributed by atoms with van der Waals surface area (Å²) in [5.74, 6) is 0.295. The van der Waals surface area contributed by atoms with E-state index in [1.165, 1.54) is 5.56 Å². The average molecular weight is 278 g/mol. The van der Waals surface area contributed by atoms with E-state index in [-0.39, 0.29) is 0 Å². The Morgan fingerprint density at radius 3 is 2.38 bits per heavy atom. The van der Waals surface area contributed by atoms with Gasteiger partial charge in [-0.1, -0.05) is 42.5 Å². The number of hydrogen-bond donors (Lipinski definition) is 3. The lowest BCUT2D eigenvalue weighted by molar-refractivity contribution is 0.477. The monoisotopic (exact) mass is 278 g/mol. The minimum absolute atomic E-state index is 0.295. The molecule has 0 aliphatic rings. The molecule has 3 nitrogen and oxygen atoms in total. The second-order valence-corrected chi connectivity index (χ2v) is 5.00. The number of aromatic hydroxyl groups is 1. The number of phenols is 1. The van der Waals surface area contributed by atoms with Gasteiger partial charge in [0, 0.05) is 30.0 Å². The van der Waals surface area contributed by atoms with Gasteiger partial charge in [-0.25, -0.2) is 0 Å². The molecule has 2 aromatic carbocycles. The highest BCUT2D eigenvalue weighted by Gasteiger charge is 2.05. The molecule has 0 spiro atoms. The first-order valence-electron chi connectivity index (χ1n) is 7.04. The first-order chi connectivity index (χ1) is 10.3. The maximum absolute atomic E-state index is 9.86. The van der Waals surface area contributed by atoms with E-state index in [2.05, 4.69) is 22.4 Å². The zero-order valence-corrected chi connectivity index (χ0v) is 11.7. The zero-order valence-electron chi connectivity index (χ0n) is 11.7. The van der Waals surface area contributed by atoms with Crippen LogP contribution in [0.3, 0.4) is 0 Å². The van der Waals surface area contributed by atoms with Crippen molar-refractivity contribution in [1.82, 2.24) is 10.3 Å². The van der Waals surface area contributed by atoms with Gasteiger partial charge < -0.3 is 15.4 Å². The zero-order chi connectivity index (χ0) is 14.5. The molecule has 3 N–H and O–H groups in total. The Hall–Kier alpha value is -2.52. The molecule has 0 aliphatic carbocycles. The summed E-state index contributed by atoms with van der Waals surface area (Å²) >= 11 is 0. The third-order valence-electron chi connectivity index (χ3n) is 3.43. The van der Waals surface area contributed by atoms with Gasteiger partial charge in [0.2, 0.25) is 0 Å². The van der Waals surface area contributed by atoms with Gasteiger partial charge >= 0.3 is 0 Å². The number of rotatable bonds is 5. The molecule has 21 heavy (non-hydrogen) atoms. The molecule has 3 aromatic rings. The lowest BCUT2D eigenvalue weighted by Crippen LogP contribution is -2.12. The van der Waals surface area contributed by atoms with Gasteiger partial charge in [0.1, 0.15) is 5.75 Å². The second-order valence-electron chi connectivity index (χ2n) is 5.00. The number of benzene rings is 2. The van der Waals surface area contributed by atoms with E-state index < -0.39 is 0 Å². The Kier molecular flexibility index (Phi) is 4.03. The second kappa shape index (κ2) is 6.29. The fourth-order valence-corrected chi connectivity index (χ4v) is 2.34. The number of aromatic nitrogens is 1. The fraction of sp³-hybridized carbons (Fsp3) is 0.111. The molecule has 3 heteroatoms. The first kappa shape index (κ1) is 13.5. The van der Waals surface area contributed by atoms with Crippen LogP contribution in [-0.4, -0.2) is 10.1 Å². The summed E-state index contributed by atoms with van der Waals surface area (Å²) in [7, 11) is 0. The van der Waals surface area contributed by atoms with Crippen LogP contribution in [0, 0.1) is 0 Å². The summed E-state index contributed by atoms with van der Waals surface area (Å²) in [6.45, 7) is 1.61. The Morgan fingerprint density at radius 2 is 1.57 bits per heavy atom. The molecule has 0 unspecified atom stereocenters. The van der Waals surface area contributed by atoms with Crippen molar-refractivity contribution in [3.05, 3.63) is 78.0 Å². The number of phenolic OH excluding ortho intramolecular Hbond substituents is 1. The van der Waals surface area contributed by atoms with Gasteiger partial charge in [-0.15, -0.1) is 0 Å². The van der Waals surface area contributed by atoms with Crippen LogP contribution >= 0.6 is 0 Å². The van der Waals surface area contributed by atoms with E-state index in [9.17, 15) is 5.11 Å². The molecule has 1 aromatic heterocycles. The van der Waals surface area contributed by atoms with E-state index in [4.69, 9.17) is 0 Å². The molecule has 0 atom stereocenters. The Morgan fingerprint density at radius 1 is 0.810 bits per heavy atom. The van der Waals surface area contributed by atoms with Crippen LogP contribution in [0.5, 0.6) is 5.75 Å². The lowest BCUT2D eigenvalue weighted by Gasteiger charge is -2.04. The van der Waals surface area contributed by atoms with Crippen molar-refractivity contribution < 1.29 is 5.11 Å². The van der Waals surface area contributed by atoms with Crippen LogP contribution in [0.25, 0.3) is 11.3 Å². The van der Waals surface area contributed by atoms with Gasteiger partial charge in [-0.05, 0) is 29.8 Å². The Labute approximate surface area is 124 Å². The molecule has 0 fully saturated rings. The highest BCUT2D eigenvalue weighted by atomic mass is 16.3. The largest absolute Gasteiger partial charge is 0.507 e. The maximum Gasteiger partial charge on any atom is 0.124 e. The molecule has 1 heterocycles. The topological polar surface area (TPSA) is 48.0 Å². The number of hydrogen-bond acceptors (Lipinski definition) is 2. The number of para-hydroxylation sites is 1. The molecular formula is C18H18N2O. The number of aromatic amines is 1. The van der Waals surface area contributed by atoms with Crippen LogP contribution < -0.4 is 5.32 Å². The number of H-pyrrole nitrogens is 1. The third kappa shape index (κ3) is 3.33. The van der Waals surface area contributed by atoms with Gasteiger partial charge in [0.05, 0.1) is 0 Å². The highest BCUT2D eigenvalue weighted by molar-refractivity contribution is 5.67. The Balaban J connectivity index is 1.62. The molecule has 0 saturated heterocycles. The van der Waals surface area contributed by atoms with Gasteiger partial charge in [0.15, 0.2) is 0 Å². The van der Waals surface area contributed by atoms with E-state index in [0.29, 0.717) is 5.75 Å². The van der Waals surface area contributed by atoms with Crippen molar-refractivity contribution in [2.75, 3.05) is 0 Å². The van der Waals surface area contributed by atoms with E-state index >= 15 is 0 Å². The molecule has 0 radical (unpaired) electrons. The normalized spacial score (nSPS) is 10.7. The third-order valence-corrected chi connectivity index (χ3v) is 3.43. The van der Waals surface area contributed by atoms with E-state index in [0.717, 1.165) is 30.0 Å². The highest BCUT2D eigenvalue weighted by Crippen LogP contribution is 2.27. The van der Waals surface area contributed by atoms with Crippen LogP contribution in [-0.2, 0) is 13.1 Å². The van der Waals surface area contributed by atoms with Crippen molar-refractivity contribution >= 4 is 0 Å². The quantitative estimate of drug-likeness (QED) is 0.667. The van der Waals surface area contributed by atoms with Gasteiger partial charge in [-0.3, -0.25) is 0 Å².